The Morgan fingerprint density at radius 1 is 1.29 bits per heavy atom. The predicted octanol–water partition coefficient (Wildman–Crippen LogP) is 2.62. The average Bonchev–Trinajstić information content (AvgIpc) is 2.50. The Kier molecular flexibility index (Phi) is 4.87. The molecule has 1 N–H and O–H groups in total. The van der Waals surface area contributed by atoms with Gasteiger partial charge < -0.3 is 14.8 Å². The van der Waals surface area contributed by atoms with E-state index in [2.05, 4.69) is 10.3 Å². The van der Waals surface area contributed by atoms with Crippen LogP contribution in [0, 0.1) is 0 Å². The Labute approximate surface area is 121 Å². The van der Waals surface area contributed by atoms with E-state index in [1.165, 1.54) is 12.3 Å². The van der Waals surface area contributed by atoms with Gasteiger partial charge in [0, 0.05) is 18.0 Å². The highest BCUT2D eigenvalue weighted by Crippen LogP contribution is 2.22. The number of nitrogens with one attached hydrogen (secondary N) is 1. The van der Waals surface area contributed by atoms with E-state index in [0.717, 1.165) is 0 Å². The lowest BCUT2D eigenvalue weighted by atomic mass is 10.2. The van der Waals surface area contributed by atoms with Crippen molar-refractivity contribution in [3.8, 4) is 11.6 Å². The Bertz CT molecular complexity index is 626. The lowest BCUT2D eigenvalue weighted by molar-refractivity contribution is -0.105. The summed E-state index contributed by atoms with van der Waals surface area (Å²) in [6.45, 7) is 2.05. The van der Waals surface area contributed by atoms with Crippen LogP contribution in [0.5, 0.6) is 11.6 Å². The molecule has 0 spiro atoms. The van der Waals surface area contributed by atoms with Gasteiger partial charge in [-0.15, -0.1) is 0 Å². The van der Waals surface area contributed by atoms with E-state index >= 15 is 0 Å². The maximum absolute atomic E-state index is 11.6. The van der Waals surface area contributed by atoms with Gasteiger partial charge in [0.1, 0.15) is 5.75 Å². The van der Waals surface area contributed by atoms with Gasteiger partial charge in [-0.3, -0.25) is 4.79 Å². The van der Waals surface area contributed by atoms with E-state index < -0.39 is 5.97 Å². The van der Waals surface area contributed by atoms with E-state index in [1.807, 2.05) is 0 Å². The van der Waals surface area contributed by atoms with Gasteiger partial charge >= 0.3 is 5.97 Å². The first-order valence-corrected chi connectivity index (χ1v) is 6.34. The van der Waals surface area contributed by atoms with E-state index in [0.29, 0.717) is 30.0 Å². The maximum atomic E-state index is 11.6. The summed E-state index contributed by atoms with van der Waals surface area (Å²) in [6.07, 6.45) is 2.07. The number of hydrogen-bond donors (Lipinski definition) is 1. The number of carbonyl (C=O) groups is 2. The second-order valence-corrected chi connectivity index (χ2v) is 3.99. The fourth-order valence-electron chi connectivity index (χ4n) is 1.61. The summed E-state index contributed by atoms with van der Waals surface area (Å²) in [6, 6.07) is 9.82. The molecule has 1 aromatic carbocycles. The summed E-state index contributed by atoms with van der Waals surface area (Å²) < 4.78 is 10.5. The fraction of sp³-hybridized carbons (Fsp3) is 0.133. The van der Waals surface area contributed by atoms with Crippen LogP contribution >= 0.6 is 0 Å². The Hall–Kier alpha value is -2.89. The zero-order valence-electron chi connectivity index (χ0n) is 11.4. The number of pyridine rings is 1. The Morgan fingerprint density at radius 3 is 2.71 bits per heavy atom. The minimum Gasteiger partial charge on any atom is -0.462 e. The van der Waals surface area contributed by atoms with Crippen LogP contribution in [0.25, 0.3) is 0 Å². The van der Waals surface area contributed by atoms with Crippen LogP contribution in [0.1, 0.15) is 17.3 Å². The molecule has 2 rings (SSSR count). The van der Waals surface area contributed by atoms with Gasteiger partial charge in [-0.2, -0.15) is 0 Å². The van der Waals surface area contributed by atoms with Gasteiger partial charge in [-0.1, -0.05) is 0 Å². The number of aromatic nitrogens is 1. The second kappa shape index (κ2) is 7.04. The fourth-order valence-corrected chi connectivity index (χ4v) is 1.61. The van der Waals surface area contributed by atoms with E-state index in [9.17, 15) is 9.59 Å². The van der Waals surface area contributed by atoms with Crippen molar-refractivity contribution >= 4 is 18.1 Å². The summed E-state index contributed by atoms with van der Waals surface area (Å²) in [5.74, 6) is 0.409. The third-order valence-electron chi connectivity index (χ3n) is 2.55. The standard InChI is InChI=1S/C15H14N2O4/c1-2-20-15(19)11-7-8-16-14(9-11)21-13-5-3-12(4-6-13)17-10-18/h3-10H,2H2,1H3,(H,17,18). The summed E-state index contributed by atoms with van der Waals surface area (Å²) in [7, 11) is 0. The molecule has 0 atom stereocenters. The minimum absolute atomic E-state index is 0.289. The van der Waals surface area contributed by atoms with Crippen LogP contribution in [0.3, 0.4) is 0 Å². The highest BCUT2D eigenvalue weighted by Gasteiger charge is 2.08. The molecule has 1 amide bonds. The largest absolute Gasteiger partial charge is 0.462 e. The number of esters is 1. The highest BCUT2D eigenvalue weighted by atomic mass is 16.5. The summed E-state index contributed by atoms with van der Waals surface area (Å²) in [4.78, 5) is 26.0. The number of rotatable bonds is 6. The molecule has 0 aliphatic rings. The van der Waals surface area contributed by atoms with Crippen molar-refractivity contribution in [3.63, 3.8) is 0 Å². The number of carbonyl (C=O) groups excluding carboxylic acids is 2. The van der Waals surface area contributed by atoms with Gasteiger partial charge in [0.25, 0.3) is 0 Å². The number of anilines is 1. The third-order valence-corrected chi connectivity index (χ3v) is 2.55. The van der Waals surface area contributed by atoms with Crippen molar-refractivity contribution in [2.24, 2.45) is 0 Å². The van der Waals surface area contributed by atoms with Crippen LogP contribution < -0.4 is 10.1 Å². The molecule has 0 radical (unpaired) electrons. The summed E-state index contributed by atoms with van der Waals surface area (Å²) in [5.41, 5.74) is 1.03. The maximum Gasteiger partial charge on any atom is 0.338 e. The second-order valence-electron chi connectivity index (χ2n) is 3.99. The first-order chi connectivity index (χ1) is 10.2. The molecule has 0 aliphatic heterocycles. The smallest absolute Gasteiger partial charge is 0.338 e. The van der Waals surface area contributed by atoms with Gasteiger partial charge in [0.05, 0.1) is 12.2 Å². The molecule has 0 bridgehead atoms. The van der Waals surface area contributed by atoms with Crippen molar-refractivity contribution < 1.29 is 19.1 Å². The number of hydrogen-bond acceptors (Lipinski definition) is 5. The topological polar surface area (TPSA) is 77.5 Å². The van der Waals surface area contributed by atoms with Crippen LogP contribution in [-0.4, -0.2) is 24.0 Å². The molecule has 1 heterocycles. The Morgan fingerprint density at radius 2 is 2.05 bits per heavy atom. The number of ether oxygens (including phenoxy) is 2. The molecule has 0 saturated carbocycles. The molecule has 6 heteroatoms. The number of amides is 1. The van der Waals surface area contributed by atoms with Crippen LogP contribution in [0.4, 0.5) is 5.69 Å². The van der Waals surface area contributed by atoms with E-state index in [4.69, 9.17) is 9.47 Å². The van der Waals surface area contributed by atoms with E-state index in [-0.39, 0.29) is 5.88 Å². The summed E-state index contributed by atoms with van der Waals surface area (Å²) in [5, 5.41) is 2.52. The van der Waals surface area contributed by atoms with E-state index in [1.54, 1.807) is 37.3 Å². The number of benzene rings is 1. The van der Waals surface area contributed by atoms with Crippen molar-refractivity contribution in [2.75, 3.05) is 11.9 Å². The molecule has 21 heavy (non-hydrogen) atoms. The monoisotopic (exact) mass is 286 g/mol. The molecule has 0 aliphatic carbocycles. The van der Waals surface area contributed by atoms with Gasteiger partial charge in [-0.05, 0) is 37.3 Å². The highest BCUT2D eigenvalue weighted by molar-refractivity contribution is 5.89. The zero-order valence-corrected chi connectivity index (χ0v) is 11.4. The lowest BCUT2D eigenvalue weighted by Crippen LogP contribution is -2.05. The van der Waals surface area contributed by atoms with Crippen LogP contribution in [0.2, 0.25) is 0 Å². The van der Waals surface area contributed by atoms with Gasteiger partial charge in [0.15, 0.2) is 0 Å². The molecular weight excluding hydrogens is 272 g/mol. The predicted molar refractivity (Wildman–Crippen MR) is 76.4 cm³/mol. The zero-order chi connectivity index (χ0) is 15.1. The molecule has 0 fully saturated rings. The molecule has 1 aromatic heterocycles. The Balaban J connectivity index is 2.10. The lowest BCUT2D eigenvalue weighted by Gasteiger charge is -2.07. The number of nitrogens with zero attached hydrogens (tertiary/aromatic N) is 1. The molecule has 2 aromatic rings. The third kappa shape index (κ3) is 4.04. The average molecular weight is 286 g/mol. The quantitative estimate of drug-likeness (QED) is 0.652. The molecule has 0 unspecified atom stereocenters. The summed E-state index contributed by atoms with van der Waals surface area (Å²) >= 11 is 0. The first-order valence-electron chi connectivity index (χ1n) is 6.34. The minimum atomic E-state index is -0.421. The molecule has 108 valence electrons. The van der Waals surface area contributed by atoms with Crippen molar-refractivity contribution in [1.82, 2.24) is 4.98 Å². The normalized spacial score (nSPS) is 9.76. The van der Waals surface area contributed by atoms with Gasteiger partial charge in [-0.25, -0.2) is 9.78 Å². The first kappa shape index (κ1) is 14.5. The molecular formula is C15H14N2O4. The van der Waals surface area contributed by atoms with Crippen molar-refractivity contribution in [1.29, 1.82) is 0 Å². The molecule has 6 nitrogen and oxygen atoms in total. The van der Waals surface area contributed by atoms with Crippen LogP contribution in [0.15, 0.2) is 42.6 Å². The molecule has 0 saturated heterocycles. The SMILES string of the molecule is CCOC(=O)c1ccnc(Oc2ccc(NC=O)cc2)c1. The van der Waals surface area contributed by atoms with Crippen molar-refractivity contribution in [3.05, 3.63) is 48.2 Å². The van der Waals surface area contributed by atoms with Gasteiger partial charge in [0.2, 0.25) is 12.3 Å². The van der Waals surface area contributed by atoms with Crippen molar-refractivity contribution in [2.45, 2.75) is 6.92 Å². The van der Waals surface area contributed by atoms with Crippen LogP contribution in [-0.2, 0) is 9.53 Å².